The lowest BCUT2D eigenvalue weighted by Gasteiger charge is -2.07. The van der Waals surface area contributed by atoms with E-state index >= 15 is 0 Å². The number of nitrogen functional groups attached to an aromatic ring is 1. The highest BCUT2D eigenvalue weighted by Gasteiger charge is 2.24. The van der Waals surface area contributed by atoms with Crippen LogP contribution in [0.15, 0.2) is 61.3 Å². The summed E-state index contributed by atoms with van der Waals surface area (Å²) >= 11 is 0. The van der Waals surface area contributed by atoms with Crippen LogP contribution in [0.3, 0.4) is 0 Å². The number of aromatic hydroxyl groups is 1. The molecule has 0 saturated heterocycles. The predicted octanol–water partition coefficient (Wildman–Crippen LogP) is 1.62. The molecule has 0 unspecified atom stereocenters. The molecule has 18 heteroatoms. The van der Waals surface area contributed by atoms with Crippen molar-refractivity contribution >= 4 is 47.4 Å². The fourth-order valence-electron chi connectivity index (χ4n) is 2.74. The number of rotatable bonds is 6. The third-order valence-corrected chi connectivity index (χ3v) is 6.95. The van der Waals surface area contributed by atoms with Crippen LogP contribution in [-0.2, 0) is 30.4 Å². The van der Waals surface area contributed by atoms with Crippen molar-refractivity contribution in [1.29, 1.82) is 0 Å². The molecular weight excluding hydrogens is 518 g/mol. The van der Waals surface area contributed by atoms with Crippen molar-refractivity contribution in [2.45, 2.75) is 21.6 Å². The smallest absolute Gasteiger partial charge is 0.296 e. The van der Waals surface area contributed by atoms with Crippen LogP contribution in [0.2, 0.25) is 0 Å². The minimum Gasteiger partial charge on any atom is -0.492 e. The van der Waals surface area contributed by atoms with Crippen LogP contribution in [0.1, 0.15) is 5.69 Å². The van der Waals surface area contributed by atoms with E-state index in [1.54, 1.807) is 0 Å². The van der Waals surface area contributed by atoms with Gasteiger partial charge in [-0.05, 0) is 43.3 Å². The van der Waals surface area contributed by atoms with Gasteiger partial charge in [-0.1, -0.05) is 0 Å². The van der Waals surface area contributed by atoms with Gasteiger partial charge in [-0.3, -0.25) is 13.7 Å². The number of anilines is 1. The molecule has 0 aliphatic carbocycles. The summed E-state index contributed by atoms with van der Waals surface area (Å²) < 4.78 is 97.2. The van der Waals surface area contributed by atoms with Gasteiger partial charge in [-0.2, -0.15) is 35.0 Å². The van der Waals surface area contributed by atoms with E-state index in [2.05, 4.69) is 15.3 Å². The number of nitrogens with zero attached hydrogens (tertiary/aromatic N) is 4. The number of nitrogens with two attached hydrogens (primary N) is 1. The molecule has 34 heavy (non-hydrogen) atoms. The van der Waals surface area contributed by atoms with E-state index < -0.39 is 62.3 Å². The Bertz CT molecular complexity index is 1640. The Morgan fingerprint density at radius 2 is 1.41 bits per heavy atom. The highest BCUT2D eigenvalue weighted by atomic mass is 32.2. The monoisotopic (exact) mass is 533 g/mol. The topological polar surface area (TPSA) is 252 Å². The zero-order valence-corrected chi connectivity index (χ0v) is 19.2. The molecule has 0 spiro atoms. The molecule has 1 aromatic heterocycles. The summed E-state index contributed by atoms with van der Waals surface area (Å²) in [6.45, 7) is 1.38. The Morgan fingerprint density at radius 3 is 1.91 bits per heavy atom. The molecule has 3 rings (SSSR count). The molecule has 0 fully saturated rings. The van der Waals surface area contributed by atoms with Gasteiger partial charge in [0.2, 0.25) is 5.88 Å². The minimum atomic E-state index is -4.96. The van der Waals surface area contributed by atoms with Gasteiger partial charge in [0.25, 0.3) is 30.4 Å². The molecule has 0 bridgehead atoms. The average Bonchev–Trinajstić information content (AvgIpc) is 2.98. The Labute approximate surface area is 192 Å². The van der Waals surface area contributed by atoms with Gasteiger partial charge in [0.1, 0.15) is 15.5 Å². The largest absolute Gasteiger partial charge is 0.492 e. The number of azo groups is 1. The van der Waals surface area contributed by atoms with Gasteiger partial charge in [0, 0.05) is 0 Å². The summed E-state index contributed by atoms with van der Waals surface area (Å²) in [6, 6.07) is 5.63. The second kappa shape index (κ2) is 8.42. The van der Waals surface area contributed by atoms with Crippen molar-refractivity contribution in [3.63, 3.8) is 0 Å². The van der Waals surface area contributed by atoms with Gasteiger partial charge in [0.05, 0.1) is 22.0 Å². The van der Waals surface area contributed by atoms with E-state index in [9.17, 15) is 39.5 Å². The van der Waals surface area contributed by atoms with Crippen molar-refractivity contribution in [2.24, 2.45) is 10.2 Å². The Hall–Kier alpha value is -3.42. The molecule has 182 valence electrons. The summed E-state index contributed by atoms with van der Waals surface area (Å²) in [4.78, 5) is -2.23. The normalized spacial score (nSPS) is 12.9. The Balaban J connectivity index is 2.12. The molecule has 0 aliphatic rings. The first-order valence-corrected chi connectivity index (χ1v) is 13.0. The number of aromatic nitrogens is 2. The Kier molecular flexibility index (Phi) is 6.24. The molecule has 3 aromatic rings. The van der Waals surface area contributed by atoms with Crippen molar-refractivity contribution in [1.82, 2.24) is 9.78 Å². The highest BCUT2D eigenvalue weighted by Crippen LogP contribution is 2.37. The number of benzene rings is 2. The van der Waals surface area contributed by atoms with Crippen LogP contribution in [0.4, 0.5) is 17.1 Å². The predicted molar refractivity (Wildman–Crippen MR) is 114 cm³/mol. The summed E-state index contributed by atoms with van der Waals surface area (Å²) in [6.07, 6.45) is 0. The lowest BCUT2D eigenvalue weighted by Crippen LogP contribution is -2.06. The lowest BCUT2D eigenvalue weighted by molar-refractivity contribution is 0.434. The van der Waals surface area contributed by atoms with E-state index in [4.69, 9.17) is 10.3 Å². The summed E-state index contributed by atoms with van der Waals surface area (Å²) in [7, 11) is -14.3. The van der Waals surface area contributed by atoms with Gasteiger partial charge in [-0.25, -0.2) is 0 Å². The lowest BCUT2D eigenvalue weighted by atomic mass is 10.3. The first kappa shape index (κ1) is 25.2. The molecule has 0 amide bonds. The fraction of sp³-hybridized carbons (Fsp3) is 0.0625. The zero-order valence-electron chi connectivity index (χ0n) is 16.8. The van der Waals surface area contributed by atoms with Crippen LogP contribution in [0.5, 0.6) is 5.88 Å². The van der Waals surface area contributed by atoms with Crippen molar-refractivity contribution < 1.29 is 44.0 Å². The van der Waals surface area contributed by atoms with Crippen LogP contribution in [-0.4, -0.2) is 53.8 Å². The summed E-state index contributed by atoms with van der Waals surface area (Å²) in [5.74, 6) is -0.625. The number of hydrogen-bond acceptors (Lipinski definition) is 11. The minimum absolute atomic E-state index is 0.0546. The standard InChI is InChI=1S/C16H15N5O10S3/c1-8-15(16(22)21(20-8)9-2-4-10(5-3-9)32(23,24)25)19-18-12-7-13(33(26,27)28)11(17)6-14(12)34(29,30)31/h2-7,22H,17H2,1H3,(H,23,24,25)(H,26,27,28)(H,29,30,31). The van der Waals surface area contributed by atoms with Crippen LogP contribution in [0, 0.1) is 6.92 Å². The fourth-order valence-corrected chi connectivity index (χ4v) is 4.48. The third kappa shape index (κ3) is 5.05. The van der Waals surface area contributed by atoms with Gasteiger partial charge in [0.15, 0.2) is 5.69 Å². The van der Waals surface area contributed by atoms with E-state index in [0.29, 0.717) is 12.1 Å². The molecule has 0 saturated carbocycles. The number of hydrogen-bond donors (Lipinski definition) is 5. The van der Waals surface area contributed by atoms with Crippen LogP contribution >= 0.6 is 0 Å². The quantitative estimate of drug-likeness (QED) is 0.172. The van der Waals surface area contributed by atoms with Crippen LogP contribution in [0.25, 0.3) is 5.69 Å². The van der Waals surface area contributed by atoms with E-state index in [1.165, 1.54) is 19.1 Å². The van der Waals surface area contributed by atoms with Crippen molar-refractivity contribution in [3.8, 4) is 11.6 Å². The highest BCUT2D eigenvalue weighted by molar-refractivity contribution is 7.86. The van der Waals surface area contributed by atoms with E-state index in [0.717, 1.165) is 16.8 Å². The maximum atomic E-state index is 11.7. The summed E-state index contributed by atoms with van der Waals surface area (Å²) in [5, 5.41) is 21.7. The van der Waals surface area contributed by atoms with Gasteiger partial charge < -0.3 is 10.8 Å². The Morgan fingerprint density at radius 1 is 0.853 bits per heavy atom. The second-order valence-electron chi connectivity index (χ2n) is 6.65. The van der Waals surface area contributed by atoms with Gasteiger partial charge in [-0.15, -0.1) is 10.2 Å². The summed E-state index contributed by atoms with van der Waals surface area (Å²) in [5.41, 5.74) is 3.93. The van der Waals surface area contributed by atoms with E-state index in [1.807, 2.05) is 0 Å². The first-order valence-electron chi connectivity index (χ1n) is 8.67. The molecule has 1 heterocycles. The molecule has 0 radical (unpaired) electrons. The molecule has 0 atom stereocenters. The molecular formula is C16H15N5O10S3. The molecule has 2 aromatic carbocycles. The van der Waals surface area contributed by atoms with Crippen LogP contribution < -0.4 is 5.73 Å². The zero-order chi connectivity index (χ0) is 25.6. The molecule has 15 nitrogen and oxygen atoms in total. The SMILES string of the molecule is Cc1nn(-c2ccc(S(=O)(=O)O)cc2)c(O)c1N=Nc1cc(S(=O)(=O)O)c(N)cc1S(=O)(=O)O. The number of aryl methyl sites for hydroxylation is 1. The molecule has 6 N–H and O–H groups in total. The molecule has 0 aliphatic heterocycles. The maximum Gasteiger partial charge on any atom is 0.296 e. The third-order valence-electron chi connectivity index (χ3n) is 4.29. The van der Waals surface area contributed by atoms with Crippen molar-refractivity contribution in [3.05, 3.63) is 42.1 Å². The first-order chi connectivity index (χ1) is 15.5. The maximum absolute atomic E-state index is 11.7. The average molecular weight is 534 g/mol. The van der Waals surface area contributed by atoms with E-state index in [-0.39, 0.29) is 17.1 Å². The second-order valence-corrected chi connectivity index (χ2v) is 10.8. The van der Waals surface area contributed by atoms with Gasteiger partial charge >= 0.3 is 0 Å². The van der Waals surface area contributed by atoms with Crippen molar-refractivity contribution in [2.75, 3.05) is 5.73 Å².